The molecule has 0 spiro atoms. The SMILES string of the molecule is CC(C)N(CCCCNC1CC1)Cc1cccs1. The van der Waals surface area contributed by atoms with Gasteiger partial charge in [0, 0.05) is 23.5 Å². The van der Waals surface area contributed by atoms with E-state index in [0.717, 1.165) is 12.6 Å². The van der Waals surface area contributed by atoms with Gasteiger partial charge >= 0.3 is 0 Å². The molecule has 2 rings (SSSR count). The number of thiophene rings is 1. The fraction of sp³-hybridized carbons (Fsp3) is 0.733. The van der Waals surface area contributed by atoms with Crippen molar-refractivity contribution < 1.29 is 0 Å². The van der Waals surface area contributed by atoms with Crippen LogP contribution in [0.4, 0.5) is 0 Å². The second-order valence-electron chi connectivity index (χ2n) is 5.58. The Labute approximate surface area is 115 Å². The Balaban J connectivity index is 1.62. The Morgan fingerprint density at radius 3 is 2.83 bits per heavy atom. The second-order valence-corrected chi connectivity index (χ2v) is 6.61. The summed E-state index contributed by atoms with van der Waals surface area (Å²) in [6.45, 7) is 8.15. The molecule has 0 aliphatic heterocycles. The standard InChI is InChI=1S/C15H26N2S/c1-13(2)17(12-15-6-5-11-18-15)10-4-3-9-16-14-7-8-14/h5-6,11,13-14,16H,3-4,7-10,12H2,1-2H3. The Kier molecular flexibility index (Phi) is 5.67. The van der Waals surface area contributed by atoms with Crippen molar-refractivity contribution in [3.8, 4) is 0 Å². The zero-order valence-corrected chi connectivity index (χ0v) is 12.5. The molecule has 1 fully saturated rings. The molecule has 102 valence electrons. The summed E-state index contributed by atoms with van der Waals surface area (Å²) in [5, 5.41) is 5.76. The van der Waals surface area contributed by atoms with Crippen molar-refractivity contribution in [3.63, 3.8) is 0 Å². The molecule has 0 radical (unpaired) electrons. The van der Waals surface area contributed by atoms with E-state index in [1.165, 1.54) is 43.6 Å². The highest BCUT2D eigenvalue weighted by atomic mass is 32.1. The summed E-state index contributed by atoms with van der Waals surface area (Å²) in [7, 11) is 0. The molecule has 0 aromatic carbocycles. The molecular weight excluding hydrogens is 240 g/mol. The molecule has 0 amide bonds. The molecular formula is C15H26N2S. The van der Waals surface area contributed by atoms with E-state index in [0.29, 0.717) is 6.04 Å². The van der Waals surface area contributed by atoms with E-state index in [4.69, 9.17) is 0 Å². The molecule has 0 bridgehead atoms. The van der Waals surface area contributed by atoms with Crippen molar-refractivity contribution in [1.29, 1.82) is 0 Å². The summed E-state index contributed by atoms with van der Waals surface area (Å²) in [5.41, 5.74) is 0. The van der Waals surface area contributed by atoms with E-state index in [1.54, 1.807) is 0 Å². The molecule has 1 saturated carbocycles. The maximum absolute atomic E-state index is 3.59. The first-order chi connectivity index (χ1) is 8.75. The lowest BCUT2D eigenvalue weighted by Crippen LogP contribution is -2.31. The number of hydrogen-bond donors (Lipinski definition) is 1. The Bertz CT molecular complexity index is 317. The van der Waals surface area contributed by atoms with Crippen LogP contribution in [0.15, 0.2) is 17.5 Å². The van der Waals surface area contributed by atoms with Crippen LogP contribution in [0.3, 0.4) is 0 Å². The van der Waals surface area contributed by atoms with Crippen LogP contribution in [0.5, 0.6) is 0 Å². The molecule has 0 atom stereocenters. The first kappa shape index (κ1) is 14.0. The lowest BCUT2D eigenvalue weighted by Gasteiger charge is -2.25. The van der Waals surface area contributed by atoms with Crippen LogP contribution < -0.4 is 5.32 Å². The predicted octanol–water partition coefficient (Wildman–Crippen LogP) is 3.49. The summed E-state index contributed by atoms with van der Waals surface area (Å²) in [6, 6.07) is 5.90. The summed E-state index contributed by atoms with van der Waals surface area (Å²) < 4.78 is 0. The van der Waals surface area contributed by atoms with E-state index in [9.17, 15) is 0 Å². The summed E-state index contributed by atoms with van der Waals surface area (Å²) in [6.07, 6.45) is 5.42. The molecule has 0 unspecified atom stereocenters. The normalized spacial score (nSPS) is 15.8. The van der Waals surface area contributed by atoms with E-state index in [2.05, 4.69) is 41.6 Å². The van der Waals surface area contributed by atoms with Gasteiger partial charge in [-0.15, -0.1) is 11.3 Å². The van der Waals surface area contributed by atoms with E-state index < -0.39 is 0 Å². The summed E-state index contributed by atoms with van der Waals surface area (Å²) >= 11 is 1.87. The van der Waals surface area contributed by atoms with Crippen LogP contribution in [-0.4, -0.2) is 30.1 Å². The van der Waals surface area contributed by atoms with Crippen molar-refractivity contribution in [3.05, 3.63) is 22.4 Å². The van der Waals surface area contributed by atoms with Crippen molar-refractivity contribution in [1.82, 2.24) is 10.2 Å². The van der Waals surface area contributed by atoms with E-state index in [1.807, 2.05) is 11.3 Å². The van der Waals surface area contributed by atoms with Gasteiger partial charge in [-0.25, -0.2) is 0 Å². The summed E-state index contributed by atoms with van der Waals surface area (Å²) in [4.78, 5) is 4.07. The van der Waals surface area contributed by atoms with Crippen LogP contribution in [-0.2, 0) is 6.54 Å². The van der Waals surface area contributed by atoms with Crippen LogP contribution in [0, 0.1) is 0 Å². The van der Waals surface area contributed by atoms with Gasteiger partial charge in [-0.1, -0.05) is 6.07 Å². The predicted molar refractivity (Wildman–Crippen MR) is 80.1 cm³/mol. The van der Waals surface area contributed by atoms with Gasteiger partial charge in [0.05, 0.1) is 0 Å². The van der Waals surface area contributed by atoms with Gasteiger partial charge in [-0.05, 0) is 64.1 Å². The highest BCUT2D eigenvalue weighted by Gasteiger charge is 2.19. The minimum Gasteiger partial charge on any atom is -0.314 e. The molecule has 1 heterocycles. The minimum absolute atomic E-state index is 0.642. The maximum atomic E-state index is 3.59. The summed E-state index contributed by atoms with van der Waals surface area (Å²) in [5.74, 6) is 0. The molecule has 1 aliphatic carbocycles. The van der Waals surface area contributed by atoms with Crippen LogP contribution in [0.2, 0.25) is 0 Å². The average molecular weight is 266 g/mol. The number of nitrogens with zero attached hydrogens (tertiary/aromatic N) is 1. The Morgan fingerprint density at radius 2 is 2.22 bits per heavy atom. The van der Waals surface area contributed by atoms with Gasteiger partial charge in [0.15, 0.2) is 0 Å². The van der Waals surface area contributed by atoms with Crippen LogP contribution in [0.1, 0.15) is 44.4 Å². The third-order valence-corrected chi connectivity index (χ3v) is 4.41. The topological polar surface area (TPSA) is 15.3 Å². The number of rotatable bonds is 9. The van der Waals surface area contributed by atoms with Gasteiger partial charge < -0.3 is 5.32 Å². The third-order valence-electron chi connectivity index (χ3n) is 3.55. The van der Waals surface area contributed by atoms with Crippen molar-refractivity contribution in [2.45, 2.75) is 58.2 Å². The van der Waals surface area contributed by atoms with Crippen molar-refractivity contribution >= 4 is 11.3 Å². The largest absolute Gasteiger partial charge is 0.314 e. The van der Waals surface area contributed by atoms with Crippen LogP contribution in [0.25, 0.3) is 0 Å². The highest BCUT2D eigenvalue weighted by molar-refractivity contribution is 7.09. The molecule has 1 aliphatic rings. The monoisotopic (exact) mass is 266 g/mol. The third kappa shape index (κ3) is 5.09. The first-order valence-electron chi connectivity index (χ1n) is 7.25. The molecule has 1 aromatic rings. The van der Waals surface area contributed by atoms with Crippen molar-refractivity contribution in [2.75, 3.05) is 13.1 Å². The molecule has 2 nitrogen and oxygen atoms in total. The first-order valence-corrected chi connectivity index (χ1v) is 8.13. The quantitative estimate of drug-likeness (QED) is 0.688. The Hall–Kier alpha value is -0.380. The molecule has 1 aromatic heterocycles. The smallest absolute Gasteiger partial charge is 0.0330 e. The van der Waals surface area contributed by atoms with Gasteiger partial charge in [-0.3, -0.25) is 4.90 Å². The maximum Gasteiger partial charge on any atom is 0.0330 e. The van der Waals surface area contributed by atoms with Gasteiger partial charge in [0.2, 0.25) is 0 Å². The van der Waals surface area contributed by atoms with Crippen LogP contribution >= 0.6 is 11.3 Å². The molecule has 18 heavy (non-hydrogen) atoms. The highest BCUT2D eigenvalue weighted by Crippen LogP contribution is 2.18. The fourth-order valence-corrected chi connectivity index (χ4v) is 2.89. The van der Waals surface area contributed by atoms with E-state index >= 15 is 0 Å². The lowest BCUT2D eigenvalue weighted by atomic mass is 10.2. The molecule has 3 heteroatoms. The number of nitrogens with one attached hydrogen (secondary N) is 1. The zero-order valence-electron chi connectivity index (χ0n) is 11.7. The fourth-order valence-electron chi connectivity index (χ4n) is 2.16. The Morgan fingerprint density at radius 1 is 1.39 bits per heavy atom. The molecule has 0 saturated heterocycles. The zero-order chi connectivity index (χ0) is 12.8. The second kappa shape index (κ2) is 7.27. The lowest BCUT2D eigenvalue weighted by molar-refractivity contribution is 0.210. The van der Waals surface area contributed by atoms with E-state index in [-0.39, 0.29) is 0 Å². The molecule has 1 N–H and O–H groups in total. The van der Waals surface area contributed by atoms with Gasteiger partial charge in [0.25, 0.3) is 0 Å². The van der Waals surface area contributed by atoms with Gasteiger partial charge in [-0.2, -0.15) is 0 Å². The minimum atomic E-state index is 0.642. The van der Waals surface area contributed by atoms with Crippen molar-refractivity contribution in [2.24, 2.45) is 0 Å². The van der Waals surface area contributed by atoms with Gasteiger partial charge in [0.1, 0.15) is 0 Å². The number of hydrogen-bond acceptors (Lipinski definition) is 3. The average Bonchev–Trinajstić information content (AvgIpc) is 3.02. The number of unbranched alkanes of at least 4 members (excludes halogenated alkanes) is 1.